The van der Waals surface area contributed by atoms with Crippen molar-refractivity contribution >= 4 is 16.6 Å². The average Bonchev–Trinajstić information content (AvgIpc) is 3.55. The zero-order valence-corrected chi connectivity index (χ0v) is 20.2. The minimum Gasteiger partial charge on any atom is -0.368 e. The van der Waals surface area contributed by atoms with E-state index in [1.165, 1.54) is 28.7 Å². The molecule has 2 aliphatic rings. The summed E-state index contributed by atoms with van der Waals surface area (Å²) in [6, 6.07) is 23.3. The second-order valence-electron chi connectivity index (χ2n) is 9.75. The summed E-state index contributed by atoms with van der Waals surface area (Å²) in [5, 5.41) is 10.6. The molecule has 3 aromatic carbocycles. The SMILES string of the molecule is N#Cc1ccc2c(c1)COC2(CCCN1CCN(c2cccc3[nH]ccc23)CC1)c1ccc(F)cc1. The first-order chi connectivity index (χ1) is 17.7. The number of anilines is 1. The number of piperazine rings is 1. The fourth-order valence-corrected chi connectivity index (χ4v) is 5.87. The first kappa shape index (κ1) is 22.8. The van der Waals surface area contributed by atoms with E-state index >= 15 is 0 Å². The van der Waals surface area contributed by atoms with E-state index in [4.69, 9.17) is 4.74 Å². The largest absolute Gasteiger partial charge is 0.368 e. The minimum absolute atomic E-state index is 0.250. The van der Waals surface area contributed by atoms with Crippen molar-refractivity contribution in [1.29, 1.82) is 5.26 Å². The first-order valence-electron chi connectivity index (χ1n) is 12.6. The molecule has 2 aliphatic heterocycles. The number of halogens is 1. The quantitative estimate of drug-likeness (QED) is 0.393. The number of nitriles is 1. The van der Waals surface area contributed by atoms with Crippen LogP contribution in [0.3, 0.4) is 0 Å². The topological polar surface area (TPSA) is 55.3 Å². The molecular weight excluding hydrogens is 451 g/mol. The highest BCUT2D eigenvalue weighted by atomic mass is 19.1. The molecule has 3 heterocycles. The van der Waals surface area contributed by atoms with Crippen LogP contribution in [0.5, 0.6) is 0 Å². The summed E-state index contributed by atoms with van der Waals surface area (Å²) >= 11 is 0. The van der Waals surface area contributed by atoms with Crippen molar-refractivity contribution in [3.8, 4) is 6.07 Å². The third kappa shape index (κ3) is 4.05. The van der Waals surface area contributed by atoms with Crippen molar-refractivity contribution in [3.63, 3.8) is 0 Å². The highest BCUT2D eigenvalue weighted by molar-refractivity contribution is 5.92. The van der Waals surface area contributed by atoms with Gasteiger partial charge in [-0.1, -0.05) is 24.3 Å². The second-order valence-corrected chi connectivity index (χ2v) is 9.75. The number of fused-ring (bicyclic) bond motifs is 2. The van der Waals surface area contributed by atoms with Crippen molar-refractivity contribution in [2.24, 2.45) is 0 Å². The molecule has 6 rings (SSSR count). The summed E-state index contributed by atoms with van der Waals surface area (Å²) in [6.07, 6.45) is 3.77. The molecule has 0 spiro atoms. The lowest BCUT2D eigenvalue weighted by molar-refractivity contribution is -0.0146. The Labute approximate surface area is 210 Å². The number of nitrogens with one attached hydrogen (secondary N) is 1. The van der Waals surface area contributed by atoms with Crippen LogP contribution in [0, 0.1) is 17.1 Å². The summed E-state index contributed by atoms with van der Waals surface area (Å²) in [5.74, 6) is -0.250. The number of ether oxygens (including phenoxy) is 1. The number of rotatable bonds is 6. The molecule has 1 N–H and O–H groups in total. The van der Waals surface area contributed by atoms with Gasteiger partial charge in [-0.25, -0.2) is 4.39 Å². The van der Waals surface area contributed by atoms with Crippen LogP contribution in [-0.2, 0) is 16.9 Å². The van der Waals surface area contributed by atoms with Crippen LogP contribution in [0.1, 0.15) is 35.1 Å². The van der Waals surface area contributed by atoms with Gasteiger partial charge >= 0.3 is 0 Å². The zero-order chi connectivity index (χ0) is 24.5. The molecular formula is C30H29FN4O. The zero-order valence-electron chi connectivity index (χ0n) is 20.2. The van der Waals surface area contributed by atoms with Gasteiger partial charge < -0.3 is 14.6 Å². The van der Waals surface area contributed by atoms with Gasteiger partial charge in [0, 0.05) is 49.0 Å². The molecule has 0 amide bonds. The van der Waals surface area contributed by atoms with E-state index < -0.39 is 5.60 Å². The van der Waals surface area contributed by atoms with Crippen LogP contribution in [0.2, 0.25) is 0 Å². The Balaban J connectivity index is 1.15. The lowest BCUT2D eigenvalue weighted by atomic mass is 9.81. The third-order valence-electron chi connectivity index (χ3n) is 7.74. The summed E-state index contributed by atoms with van der Waals surface area (Å²) < 4.78 is 20.2. The number of benzene rings is 3. The Hall–Kier alpha value is -3.66. The molecule has 1 fully saturated rings. The Morgan fingerprint density at radius 3 is 2.64 bits per heavy atom. The highest BCUT2D eigenvalue weighted by Crippen LogP contribution is 2.45. The van der Waals surface area contributed by atoms with E-state index in [1.54, 1.807) is 0 Å². The van der Waals surface area contributed by atoms with Crippen LogP contribution in [0.4, 0.5) is 10.1 Å². The van der Waals surface area contributed by atoms with Crippen LogP contribution >= 0.6 is 0 Å². The van der Waals surface area contributed by atoms with Crippen LogP contribution < -0.4 is 4.90 Å². The molecule has 6 heteroatoms. The second kappa shape index (κ2) is 9.42. The molecule has 182 valence electrons. The fraction of sp³-hybridized carbons (Fsp3) is 0.300. The van der Waals surface area contributed by atoms with Gasteiger partial charge in [-0.2, -0.15) is 5.26 Å². The number of aromatic nitrogens is 1. The van der Waals surface area contributed by atoms with Crippen LogP contribution in [-0.4, -0.2) is 42.6 Å². The van der Waals surface area contributed by atoms with Crippen molar-refractivity contribution in [2.45, 2.75) is 25.0 Å². The van der Waals surface area contributed by atoms with Gasteiger partial charge in [0.05, 0.1) is 18.2 Å². The molecule has 1 unspecified atom stereocenters. The molecule has 1 saturated heterocycles. The Kier molecular flexibility index (Phi) is 5.96. The standard InChI is InChI=1S/C30H29FN4O/c31-25-8-6-24(7-9-25)30(27-10-5-22(20-32)19-23(27)21-36-30)12-2-14-34-15-17-35(18-16-34)29-4-1-3-28-26(29)11-13-33-28/h1,3-11,13,19,33H,2,12,14-18,21H2. The predicted octanol–water partition coefficient (Wildman–Crippen LogP) is 5.55. The van der Waals surface area contributed by atoms with E-state index in [2.05, 4.69) is 45.1 Å². The molecule has 0 aliphatic carbocycles. The van der Waals surface area contributed by atoms with Gasteiger partial charge in [0.2, 0.25) is 0 Å². The lowest BCUT2D eigenvalue weighted by Gasteiger charge is -2.37. The summed E-state index contributed by atoms with van der Waals surface area (Å²) in [4.78, 5) is 8.32. The number of H-pyrrole nitrogens is 1. The maximum Gasteiger partial charge on any atom is 0.123 e. The average molecular weight is 481 g/mol. The molecule has 5 nitrogen and oxygen atoms in total. The summed E-state index contributed by atoms with van der Waals surface area (Å²) in [6.45, 7) is 5.50. The molecule has 4 aromatic rings. The number of hydrogen-bond acceptors (Lipinski definition) is 4. The van der Waals surface area contributed by atoms with E-state index in [-0.39, 0.29) is 5.82 Å². The van der Waals surface area contributed by atoms with Gasteiger partial charge in [-0.15, -0.1) is 0 Å². The Morgan fingerprint density at radius 1 is 1.00 bits per heavy atom. The molecule has 1 atom stereocenters. The lowest BCUT2D eigenvalue weighted by Crippen LogP contribution is -2.46. The number of nitrogens with zero attached hydrogens (tertiary/aromatic N) is 3. The van der Waals surface area contributed by atoms with E-state index in [1.807, 2.05) is 36.5 Å². The fourth-order valence-electron chi connectivity index (χ4n) is 5.87. The van der Waals surface area contributed by atoms with E-state index in [9.17, 15) is 9.65 Å². The van der Waals surface area contributed by atoms with Crippen LogP contribution in [0.15, 0.2) is 72.9 Å². The maximum absolute atomic E-state index is 13.7. The van der Waals surface area contributed by atoms with Crippen molar-refractivity contribution in [1.82, 2.24) is 9.88 Å². The molecule has 0 bridgehead atoms. The molecule has 36 heavy (non-hydrogen) atoms. The van der Waals surface area contributed by atoms with Crippen LogP contribution in [0.25, 0.3) is 10.9 Å². The van der Waals surface area contributed by atoms with Crippen molar-refractivity contribution in [3.05, 3.63) is 101 Å². The van der Waals surface area contributed by atoms with E-state index in [0.717, 1.165) is 62.3 Å². The van der Waals surface area contributed by atoms with Gasteiger partial charge in [0.25, 0.3) is 0 Å². The predicted molar refractivity (Wildman–Crippen MR) is 139 cm³/mol. The van der Waals surface area contributed by atoms with Crippen molar-refractivity contribution in [2.75, 3.05) is 37.6 Å². The number of aromatic amines is 1. The molecule has 0 saturated carbocycles. The van der Waals surface area contributed by atoms with Crippen molar-refractivity contribution < 1.29 is 9.13 Å². The van der Waals surface area contributed by atoms with E-state index in [0.29, 0.717) is 12.2 Å². The smallest absolute Gasteiger partial charge is 0.123 e. The van der Waals surface area contributed by atoms with Gasteiger partial charge in [0.15, 0.2) is 0 Å². The minimum atomic E-state index is -0.608. The normalized spacial score (nSPS) is 19.9. The summed E-state index contributed by atoms with van der Waals surface area (Å²) in [7, 11) is 0. The summed E-state index contributed by atoms with van der Waals surface area (Å²) in [5.41, 5.74) is 5.62. The van der Waals surface area contributed by atoms with Gasteiger partial charge in [-0.05, 0) is 78.5 Å². The van der Waals surface area contributed by atoms with Gasteiger partial charge in [-0.3, -0.25) is 4.90 Å². The third-order valence-corrected chi connectivity index (χ3v) is 7.74. The van der Waals surface area contributed by atoms with Gasteiger partial charge in [0.1, 0.15) is 11.4 Å². The highest BCUT2D eigenvalue weighted by Gasteiger charge is 2.41. The maximum atomic E-state index is 13.7. The Morgan fingerprint density at radius 2 is 1.83 bits per heavy atom. The monoisotopic (exact) mass is 480 g/mol. The molecule has 0 radical (unpaired) electrons. The number of hydrogen-bond donors (Lipinski definition) is 1. The Bertz CT molecular complexity index is 1420. The first-order valence-corrected chi connectivity index (χ1v) is 12.6. The molecule has 1 aromatic heterocycles.